The van der Waals surface area contributed by atoms with Crippen LogP contribution in [0.25, 0.3) is 0 Å². The number of aliphatic hydroxyl groups is 1. The van der Waals surface area contributed by atoms with Crippen molar-refractivity contribution >= 4 is 34.5 Å². The molecule has 0 spiro atoms. The van der Waals surface area contributed by atoms with Gasteiger partial charge in [0, 0.05) is 34.1 Å². The average Bonchev–Trinajstić information content (AvgIpc) is 3.46. The molecule has 2 heterocycles. The van der Waals surface area contributed by atoms with E-state index in [-0.39, 0.29) is 36.4 Å². The zero-order chi connectivity index (χ0) is 26.5. The molecule has 4 fully saturated rings. The molecule has 200 valence electrons. The predicted molar refractivity (Wildman–Crippen MR) is 136 cm³/mol. The number of hydroxylamine groups is 2. The molecule has 37 heavy (non-hydrogen) atoms. The fraction of sp³-hybridized carbons (Fsp3) is 0.643. The molecule has 6 rings (SSSR count). The number of Topliss-reactive ketones (excluding diaryl/α,β-unsaturated/α-hetero) is 1. The van der Waals surface area contributed by atoms with Crippen LogP contribution in [0, 0.1) is 34.0 Å². The Balaban J connectivity index is 1.41. The van der Waals surface area contributed by atoms with E-state index in [1.807, 2.05) is 26.0 Å². The summed E-state index contributed by atoms with van der Waals surface area (Å²) in [5.41, 5.74) is -3.32. The van der Waals surface area contributed by atoms with Gasteiger partial charge in [0.25, 0.3) is 0 Å². The number of thiophene rings is 1. The van der Waals surface area contributed by atoms with Crippen molar-refractivity contribution in [2.75, 3.05) is 13.2 Å². The van der Waals surface area contributed by atoms with Gasteiger partial charge in [-0.1, -0.05) is 38.4 Å². The van der Waals surface area contributed by atoms with Crippen molar-refractivity contribution in [3.05, 3.63) is 45.1 Å². The third-order valence-electron chi connectivity index (χ3n) is 10.8. The Morgan fingerprint density at radius 3 is 2.73 bits per heavy atom. The molecule has 0 radical (unpaired) electrons. The topological polar surface area (TPSA) is 66.8 Å². The first-order chi connectivity index (χ1) is 17.4. The van der Waals surface area contributed by atoms with Crippen LogP contribution in [-0.4, -0.2) is 52.8 Å². The molecule has 9 atom stereocenters. The molecule has 1 aromatic rings. The van der Waals surface area contributed by atoms with Crippen LogP contribution < -0.4 is 0 Å². The number of rotatable bonds is 4. The number of carbonyl (C=O) groups is 2. The van der Waals surface area contributed by atoms with E-state index in [2.05, 4.69) is 6.92 Å². The normalized spacial score (nSPS) is 46.7. The summed E-state index contributed by atoms with van der Waals surface area (Å²) in [7, 11) is 0. The number of ketones is 2. The summed E-state index contributed by atoms with van der Waals surface area (Å²) in [6.07, 6.45) is 3.35. The summed E-state index contributed by atoms with van der Waals surface area (Å²) in [5, 5.41) is 13.5. The lowest BCUT2D eigenvalue weighted by atomic mass is 9.41. The molecule has 0 amide bonds. The van der Waals surface area contributed by atoms with Gasteiger partial charge in [-0.15, -0.1) is 11.3 Å². The molecule has 1 saturated heterocycles. The summed E-state index contributed by atoms with van der Waals surface area (Å²) in [6.45, 7) is 5.63. The minimum Gasteiger partial charge on any atom is -0.393 e. The minimum absolute atomic E-state index is 0.153. The highest BCUT2D eigenvalue weighted by atomic mass is 35.5. The maximum absolute atomic E-state index is 15.8. The zero-order valence-electron chi connectivity index (χ0n) is 21.2. The maximum Gasteiger partial charge on any atom is 0.198 e. The van der Waals surface area contributed by atoms with Gasteiger partial charge < -0.3 is 5.11 Å². The molecule has 1 aliphatic heterocycles. The van der Waals surface area contributed by atoms with Crippen LogP contribution in [0.1, 0.15) is 44.9 Å². The van der Waals surface area contributed by atoms with Crippen molar-refractivity contribution in [1.29, 1.82) is 0 Å². The Morgan fingerprint density at radius 1 is 1.30 bits per heavy atom. The van der Waals surface area contributed by atoms with E-state index in [9.17, 15) is 19.1 Å². The van der Waals surface area contributed by atoms with Gasteiger partial charge in [0.15, 0.2) is 23.8 Å². The highest BCUT2D eigenvalue weighted by molar-refractivity contribution is 7.16. The van der Waals surface area contributed by atoms with E-state index in [0.29, 0.717) is 29.4 Å². The first-order valence-electron chi connectivity index (χ1n) is 12.9. The van der Waals surface area contributed by atoms with Gasteiger partial charge in [-0.3, -0.25) is 14.4 Å². The molecule has 1 N–H and O–H groups in total. The van der Waals surface area contributed by atoms with Crippen molar-refractivity contribution in [3.8, 4) is 0 Å². The number of alkyl halides is 2. The van der Waals surface area contributed by atoms with E-state index >= 15 is 4.39 Å². The number of carbonyl (C=O) groups excluding carboxylic acids is 2. The third kappa shape index (κ3) is 3.22. The zero-order valence-corrected chi connectivity index (χ0v) is 22.7. The fourth-order valence-corrected chi connectivity index (χ4v) is 10.3. The van der Waals surface area contributed by atoms with Gasteiger partial charge in [-0.25, -0.2) is 8.78 Å². The molecule has 9 heteroatoms. The van der Waals surface area contributed by atoms with Crippen molar-refractivity contribution in [3.63, 3.8) is 0 Å². The van der Waals surface area contributed by atoms with Crippen molar-refractivity contribution in [2.24, 2.45) is 34.0 Å². The van der Waals surface area contributed by atoms with Crippen molar-refractivity contribution in [1.82, 2.24) is 5.06 Å². The van der Waals surface area contributed by atoms with Crippen LogP contribution in [-0.2, 0) is 21.0 Å². The quantitative estimate of drug-likeness (QED) is 0.552. The van der Waals surface area contributed by atoms with Crippen LogP contribution in [0.4, 0.5) is 8.78 Å². The molecular weight excluding hydrogens is 520 g/mol. The van der Waals surface area contributed by atoms with Crippen molar-refractivity contribution in [2.45, 2.75) is 64.5 Å². The molecule has 0 aromatic carbocycles. The van der Waals surface area contributed by atoms with Gasteiger partial charge in [0.05, 0.1) is 17.0 Å². The molecular formula is C28H32ClF2NO4S. The number of halogens is 3. The Kier molecular flexibility index (Phi) is 5.77. The number of aliphatic hydroxyl groups excluding tert-OH is 1. The lowest BCUT2D eigenvalue weighted by molar-refractivity contribution is -0.269. The van der Waals surface area contributed by atoms with Crippen LogP contribution >= 0.6 is 22.9 Å². The summed E-state index contributed by atoms with van der Waals surface area (Å²) in [5.74, 6) is -1.74. The van der Waals surface area contributed by atoms with E-state index in [4.69, 9.17) is 16.4 Å². The van der Waals surface area contributed by atoms with Gasteiger partial charge in [-0.05, 0) is 60.5 Å². The van der Waals surface area contributed by atoms with Crippen LogP contribution in [0.5, 0.6) is 0 Å². The van der Waals surface area contributed by atoms with Gasteiger partial charge in [0.2, 0.25) is 0 Å². The van der Waals surface area contributed by atoms with Gasteiger partial charge in [0.1, 0.15) is 6.17 Å². The van der Waals surface area contributed by atoms with Gasteiger partial charge >= 0.3 is 0 Å². The number of allylic oxidation sites excluding steroid dienone is 4. The molecule has 5 nitrogen and oxygen atoms in total. The molecule has 0 bridgehead atoms. The predicted octanol–water partition coefficient (Wildman–Crippen LogP) is 5.27. The van der Waals surface area contributed by atoms with E-state index in [1.54, 1.807) is 11.1 Å². The SMILES string of the molecule is CC12C=CC(=O)C=C1C(F)CC1C2C(O)CC2(C)C1(C)CC1CN(Cc3ccc(Cl)s3)OC12C(=O)CF. The first-order valence-corrected chi connectivity index (χ1v) is 14.1. The standard InChI is InChI=1S/C28H32ClF2NO4S/c1-25-7-6-16(33)8-18(25)20(31)9-19-24(25)21(34)11-27(3)26(19,2)10-15-13-32(14-17-4-5-23(29)37-17)36-28(15,27)22(35)12-30/h4-8,15,19-21,24,34H,9-14H2,1-3H3. The van der Waals surface area contributed by atoms with E-state index in [0.717, 1.165) is 4.88 Å². The van der Waals surface area contributed by atoms with E-state index in [1.165, 1.54) is 23.5 Å². The molecule has 3 saturated carbocycles. The summed E-state index contributed by atoms with van der Waals surface area (Å²) >= 11 is 7.53. The summed E-state index contributed by atoms with van der Waals surface area (Å²) in [6, 6.07) is 3.72. The molecule has 4 aliphatic carbocycles. The first kappa shape index (κ1) is 25.8. The lowest BCUT2D eigenvalue weighted by Crippen LogP contribution is -2.67. The summed E-state index contributed by atoms with van der Waals surface area (Å²) < 4.78 is 30.7. The summed E-state index contributed by atoms with van der Waals surface area (Å²) in [4.78, 5) is 33.1. The highest BCUT2D eigenvalue weighted by Crippen LogP contribution is 2.76. The average molecular weight is 552 g/mol. The number of hydrogen-bond donors (Lipinski definition) is 1. The number of fused-ring (bicyclic) bond motifs is 7. The number of hydrogen-bond acceptors (Lipinski definition) is 6. The smallest absolute Gasteiger partial charge is 0.198 e. The van der Waals surface area contributed by atoms with Gasteiger partial charge in [-0.2, -0.15) is 5.06 Å². The Bertz CT molecular complexity index is 1230. The fourth-order valence-electron chi connectivity index (χ4n) is 9.17. The lowest BCUT2D eigenvalue weighted by Gasteiger charge is -2.64. The molecule has 5 aliphatic rings. The second-order valence-electron chi connectivity index (χ2n) is 12.3. The maximum atomic E-state index is 15.8. The van der Waals surface area contributed by atoms with Crippen molar-refractivity contribution < 1.29 is 28.3 Å². The Morgan fingerprint density at radius 2 is 2.05 bits per heavy atom. The Labute approximate surface area is 224 Å². The monoisotopic (exact) mass is 551 g/mol. The highest BCUT2D eigenvalue weighted by Gasteiger charge is 2.79. The molecule has 9 unspecified atom stereocenters. The Hall–Kier alpha value is -1.45. The van der Waals surface area contributed by atoms with Crippen LogP contribution in [0.15, 0.2) is 35.9 Å². The second kappa shape index (κ2) is 8.28. The van der Waals surface area contributed by atoms with E-state index < -0.39 is 46.6 Å². The minimum atomic E-state index is -1.44. The van der Waals surface area contributed by atoms with Crippen LogP contribution in [0.2, 0.25) is 4.34 Å². The molecule has 1 aromatic heterocycles. The van der Waals surface area contributed by atoms with Crippen LogP contribution in [0.3, 0.4) is 0 Å². The largest absolute Gasteiger partial charge is 0.393 e. The third-order valence-corrected chi connectivity index (χ3v) is 12.0. The second-order valence-corrected chi connectivity index (χ2v) is 14.1. The number of nitrogens with zero attached hydrogens (tertiary/aromatic N) is 1.